The summed E-state index contributed by atoms with van der Waals surface area (Å²) in [6.07, 6.45) is 3.77. The summed E-state index contributed by atoms with van der Waals surface area (Å²) in [6.45, 7) is 1.81. The zero-order valence-electron chi connectivity index (χ0n) is 9.50. The van der Waals surface area contributed by atoms with E-state index >= 15 is 0 Å². The normalized spacial score (nSPS) is 12.3. The second-order valence-electron chi connectivity index (χ2n) is 3.60. The first-order valence-electron chi connectivity index (χ1n) is 5.41. The van der Waals surface area contributed by atoms with Crippen LogP contribution >= 0.6 is 0 Å². The molecule has 0 aliphatic heterocycles. The Morgan fingerprint density at radius 3 is 2.59 bits per heavy atom. The van der Waals surface area contributed by atoms with Gasteiger partial charge in [0.15, 0.2) is 16.8 Å². The van der Waals surface area contributed by atoms with E-state index in [0.29, 0.717) is 12.0 Å². The molecule has 0 radical (unpaired) electrons. The molecule has 1 aromatic carbocycles. The van der Waals surface area contributed by atoms with E-state index in [1.165, 1.54) is 0 Å². The molecular formula is C13H13NO2S. The monoisotopic (exact) mass is 247 g/mol. The van der Waals surface area contributed by atoms with Crippen LogP contribution in [0.15, 0.2) is 53.7 Å². The molecule has 0 bridgehead atoms. The van der Waals surface area contributed by atoms with Crippen molar-refractivity contribution in [2.75, 3.05) is 0 Å². The van der Waals surface area contributed by atoms with Crippen molar-refractivity contribution in [1.29, 1.82) is 0 Å². The highest BCUT2D eigenvalue weighted by molar-refractivity contribution is 7.83. The Labute approximate surface area is 103 Å². The molecule has 0 fully saturated rings. The van der Waals surface area contributed by atoms with Crippen LogP contribution in [0.4, 0.5) is 0 Å². The van der Waals surface area contributed by atoms with Crippen molar-refractivity contribution in [2.45, 2.75) is 18.2 Å². The molecule has 88 valence electrons. The first kappa shape index (κ1) is 11.8. The lowest BCUT2D eigenvalue weighted by atomic mass is 10.2. The SMILES string of the molecule is CCC(=O)c1ccn(S(=O)c2ccccc2)c1. The smallest absolute Gasteiger partial charge is 0.164 e. The molecule has 2 rings (SSSR count). The number of hydrogen-bond donors (Lipinski definition) is 0. The minimum atomic E-state index is -1.28. The molecule has 0 aliphatic carbocycles. The van der Waals surface area contributed by atoms with Crippen LogP contribution in [-0.4, -0.2) is 14.0 Å². The predicted molar refractivity (Wildman–Crippen MR) is 67.3 cm³/mol. The van der Waals surface area contributed by atoms with Gasteiger partial charge in [0.1, 0.15) is 0 Å². The summed E-state index contributed by atoms with van der Waals surface area (Å²) in [7, 11) is -1.28. The molecule has 17 heavy (non-hydrogen) atoms. The fourth-order valence-electron chi connectivity index (χ4n) is 1.51. The van der Waals surface area contributed by atoms with Gasteiger partial charge in [-0.3, -0.25) is 8.77 Å². The number of nitrogens with zero attached hydrogens (tertiary/aromatic N) is 1. The van der Waals surface area contributed by atoms with Gasteiger partial charge >= 0.3 is 0 Å². The third kappa shape index (κ3) is 2.53. The summed E-state index contributed by atoms with van der Waals surface area (Å²) >= 11 is 0. The number of aromatic nitrogens is 1. The minimum Gasteiger partial charge on any atom is -0.294 e. The number of ketones is 1. The van der Waals surface area contributed by atoms with Crippen LogP contribution in [0.3, 0.4) is 0 Å². The Kier molecular flexibility index (Phi) is 3.54. The zero-order valence-corrected chi connectivity index (χ0v) is 10.3. The van der Waals surface area contributed by atoms with E-state index in [9.17, 15) is 9.00 Å². The number of rotatable bonds is 4. The number of hydrogen-bond acceptors (Lipinski definition) is 2. The van der Waals surface area contributed by atoms with E-state index in [1.807, 2.05) is 25.1 Å². The average molecular weight is 247 g/mol. The maximum absolute atomic E-state index is 12.1. The summed E-state index contributed by atoms with van der Waals surface area (Å²) < 4.78 is 13.7. The van der Waals surface area contributed by atoms with E-state index in [1.54, 1.807) is 34.6 Å². The van der Waals surface area contributed by atoms with Crippen molar-refractivity contribution < 1.29 is 9.00 Å². The third-order valence-electron chi connectivity index (χ3n) is 2.45. The molecule has 3 nitrogen and oxygen atoms in total. The average Bonchev–Trinajstić information content (AvgIpc) is 2.87. The van der Waals surface area contributed by atoms with E-state index < -0.39 is 11.0 Å². The molecular weight excluding hydrogens is 234 g/mol. The Morgan fingerprint density at radius 1 is 1.24 bits per heavy atom. The topological polar surface area (TPSA) is 39.1 Å². The second kappa shape index (κ2) is 5.10. The second-order valence-corrected chi connectivity index (χ2v) is 4.99. The van der Waals surface area contributed by atoms with Gasteiger partial charge in [-0.2, -0.15) is 0 Å². The van der Waals surface area contributed by atoms with Gasteiger partial charge in [0.25, 0.3) is 0 Å². The Bertz CT molecular complexity index is 546. The molecule has 0 saturated carbocycles. The van der Waals surface area contributed by atoms with Crippen LogP contribution in [0.1, 0.15) is 23.7 Å². The van der Waals surface area contributed by atoms with Crippen molar-refractivity contribution in [3.63, 3.8) is 0 Å². The van der Waals surface area contributed by atoms with Crippen LogP contribution in [0.25, 0.3) is 0 Å². The lowest BCUT2D eigenvalue weighted by Gasteiger charge is -2.01. The highest BCUT2D eigenvalue weighted by Crippen LogP contribution is 2.11. The molecule has 2 aromatic rings. The van der Waals surface area contributed by atoms with Gasteiger partial charge in [0.05, 0.1) is 4.90 Å². The molecule has 1 unspecified atom stereocenters. The van der Waals surface area contributed by atoms with Gasteiger partial charge in [-0.15, -0.1) is 0 Å². The molecule has 0 N–H and O–H groups in total. The maximum Gasteiger partial charge on any atom is 0.164 e. The van der Waals surface area contributed by atoms with E-state index in [2.05, 4.69) is 0 Å². The van der Waals surface area contributed by atoms with Crippen molar-refractivity contribution in [3.05, 3.63) is 54.4 Å². The quantitative estimate of drug-likeness (QED) is 0.779. The van der Waals surface area contributed by atoms with Gasteiger partial charge in [0, 0.05) is 24.4 Å². The Hall–Kier alpha value is -1.68. The highest BCUT2D eigenvalue weighted by atomic mass is 32.2. The molecule has 1 heterocycles. The maximum atomic E-state index is 12.1. The van der Waals surface area contributed by atoms with Crippen molar-refractivity contribution in [3.8, 4) is 0 Å². The van der Waals surface area contributed by atoms with Crippen LogP contribution < -0.4 is 0 Å². The van der Waals surface area contributed by atoms with Crippen molar-refractivity contribution in [1.82, 2.24) is 3.97 Å². The molecule has 1 atom stereocenters. The van der Waals surface area contributed by atoms with Crippen LogP contribution in [0.2, 0.25) is 0 Å². The van der Waals surface area contributed by atoms with Crippen LogP contribution in [0.5, 0.6) is 0 Å². The summed E-state index contributed by atoms with van der Waals surface area (Å²) in [5.41, 5.74) is 0.608. The molecule has 4 heteroatoms. The van der Waals surface area contributed by atoms with Gasteiger partial charge < -0.3 is 0 Å². The summed E-state index contributed by atoms with van der Waals surface area (Å²) in [5.74, 6) is 0.0637. The largest absolute Gasteiger partial charge is 0.294 e. The summed E-state index contributed by atoms with van der Waals surface area (Å²) in [6, 6.07) is 10.9. The van der Waals surface area contributed by atoms with E-state index in [-0.39, 0.29) is 5.78 Å². The predicted octanol–water partition coefficient (Wildman–Crippen LogP) is 2.65. The first-order valence-corrected chi connectivity index (χ1v) is 6.51. The molecule has 1 aromatic heterocycles. The Balaban J connectivity index is 2.27. The van der Waals surface area contributed by atoms with Gasteiger partial charge in [-0.1, -0.05) is 25.1 Å². The highest BCUT2D eigenvalue weighted by Gasteiger charge is 2.09. The van der Waals surface area contributed by atoms with Crippen molar-refractivity contribution in [2.24, 2.45) is 0 Å². The minimum absolute atomic E-state index is 0.0637. The van der Waals surface area contributed by atoms with Crippen LogP contribution in [-0.2, 0) is 11.0 Å². The van der Waals surface area contributed by atoms with Crippen molar-refractivity contribution >= 4 is 16.8 Å². The third-order valence-corrected chi connectivity index (χ3v) is 3.73. The summed E-state index contributed by atoms with van der Waals surface area (Å²) in [4.78, 5) is 12.2. The van der Waals surface area contributed by atoms with E-state index in [4.69, 9.17) is 0 Å². The summed E-state index contributed by atoms with van der Waals surface area (Å²) in [5, 5.41) is 0. The number of carbonyl (C=O) groups excluding carboxylic acids is 1. The molecule has 0 saturated heterocycles. The zero-order chi connectivity index (χ0) is 12.3. The van der Waals surface area contributed by atoms with Crippen LogP contribution in [0, 0.1) is 0 Å². The molecule has 0 spiro atoms. The van der Waals surface area contributed by atoms with Gasteiger partial charge in [0.2, 0.25) is 0 Å². The number of benzene rings is 1. The van der Waals surface area contributed by atoms with Gasteiger partial charge in [-0.05, 0) is 18.2 Å². The molecule has 0 amide bonds. The van der Waals surface area contributed by atoms with Gasteiger partial charge in [-0.25, -0.2) is 4.21 Å². The number of Topliss-reactive ketones (excluding diaryl/α,β-unsaturated/α-hetero) is 1. The Morgan fingerprint density at radius 2 is 1.94 bits per heavy atom. The fraction of sp³-hybridized carbons (Fsp3) is 0.154. The molecule has 0 aliphatic rings. The lowest BCUT2D eigenvalue weighted by molar-refractivity contribution is 0.0988. The first-order chi connectivity index (χ1) is 8.22. The van der Waals surface area contributed by atoms with E-state index in [0.717, 1.165) is 4.90 Å². The standard InChI is InChI=1S/C13H13NO2S/c1-2-13(15)11-8-9-14(10-11)17(16)12-6-4-3-5-7-12/h3-10H,2H2,1H3. The lowest BCUT2D eigenvalue weighted by Crippen LogP contribution is -2.02. The number of carbonyl (C=O) groups is 1. The fourth-order valence-corrected chi connectivity index (χ4v) is 2.52.